The third-order valence-corrected chi connectivity index (χ3v) is 9.89. The summed E-state index contributed by atoms with van der Waals surface area (Å²) in [5.41, 5.74) is 1.09. The predicted octanol–water partition coefficient (Wildman–Crippen LogP) is 3.04. The summed E-state index contributed by atoms with van der Waals surface area (Å²) < 4.78 is 6.55. The molecular weight excluding hydrogens is 480 g/mol. The fraction of sp³-hybridized carbons (Fsp3) is 0.500. The van der Waals surface area contributed by atoms with Gasteiger partial charge in [-0.1, -0.05) is 18.2 Å². The largest absolute Gasteiger partial charge is 0.504 e. The van der Waals surface area contributed by atoms with Gasteiger partial charge in [-0.25, -0.2) is 0 Å². The van der Waals surface area contributed by atoms with Gasteiger partial charge in [0.25, 0.3) is 11.8 Å². The summed E-state index contributed by atoms with van der Waals surface area (Å²) in [4.78, 5) is 30.8. The molecule has 3 fully saturated rings. The Kier molecular flexibility index (Phi) is 4.54. The number of rotatable bonds is 3. The number of nitrogens with zero attached hydrogens (tertiary/aromatic N) is 2. The van der Waals surface area contributed by atoms with Crippen LogP contribution in [-0.2, 0) is 11.8 Å². The average Bonchev–Trinajstić information content (AvgIpc) is 3.54. The van der Waals surface area contributed by atoms with Crippen molar-refractivity contribution in [2.75, 3.05) is 13.1 Å². The molecule has 3 aliphatic heterocycles. The predicted molar refractivity (Wildman–Crippen MR) is 133 cm³/mol. The number of carbonyl (C=O) groups is 2. The molecule has 2 aromatic carbocycles. The fourth-order valence-electron chi connectivity index (χ4n) is 8.23. The highest BCUT2D eigenvalue weighted by atomic mass is 35.5. The van der Waals surface area contributed by atoms with E-state index in [0.29, 0.717) is 36.1 Å². The monoisotopic (exact) mass is 508 g/mol. The van der Waals surface area contributed by atoms with Crippen LogP contribution in [0.15, 0.2) is 36.4 Å². The van der Waals surface area contributed by atoms with Crippen LogP contribution in [0.3, 0.4) is 0 Å². The maximum atomic E-state index is 13.5. The second-order valence-electron chi connectivity index (χ2n) is 11.4. The molecule has 8 heteroatoms. The zero-order chi connectivity index (χ0) is 23.7. The summed E-state index contributed by atoms with van der Waals surface area (Å²) in [5.74, 6) is 0.632. The van der Waals surface area contributed by atoms with Crippen LogP contribution in [0.5, 0.6) is 11.5 Å². The number of halogens is 1. The number of aromatic hydroxyl groups is 1. The van der Waals surface area contributed by atoms with Crippen molar-refractivity contribution >= 4 is 24.2 Å². The minimum Gasteiger partial charge on any atom is -0.504 e. The summed E-state index contributed by atoms with van der Waals surface area (Å²) in [6.07, 6.45) is 4.31. The smallest absolute Gasteiger partial charge is 0.261 e. The standard InChI is InChI=1S/C28H28N2O5.ClH/c31-20-8-7-16-13-21-28(34)10-9-19(30-25(32)17-3-1-2-4-18(17)26(30)33)24-27(28,22(16)23(20)35-24)11-12-29(21)14-15-5-6-15;/h1-4,7-8,15,19,21,24,31,34H,5-6,9-14H2;1H/t19-,21-,24+,27+,28-;/m1./s1. The van der Waals surface area contributed by atoms with Crippen LogP contribution in [0.1, 0.15) is 63.9 Å². The first-order chi connectivity index (χ1) is 16.9. The highest BCUT2D eigenvalue weighted by Gasteiger charge is 2.74. The second-order valence-corrected chi connectivity index (χ2v) is 11.4. The van der Waals surface area contributed by atoms with Gasteiger partial charge in [-0.15, -0.1) is 12.4 Å². The second kappa shape index (κ2) is 7.24. The lowest BCUT2D eigenvalue weighted by molar-refractivity contribution is -0.196. The van der Waals surface area contributed by atoms with Crippen LogP contribution in [0.2, 0.25) is 0 Å². The first-order valence-corrected chi connectivity index (χ1v) is 12.9. The number of phenolic OH excluding ortho intramolecular Hbond substituents is 1. The Hall–Kier alpha value is -2.61. The minimum atomic E-state index is -1.04. The number of carbonyl (C=O) groups excluding carboxylic acids is 2. The Balaban J connectivity index is 0.00000220. The van der Waals surface area contributed by atoms with E-state index in [1.165, 1.54) is 17.7 Å². The SMILES string of the molecule is Cl.O=C1c2ccccc2C(=O)N1[C@@H]1CC[C@@]2(O)[C@H]3Cc4ccc(O)c5c4[C@@]2(CCN3CC2CC2)[C@H]1O5. The molecular formula is C28H29ClN2O5. The molecule has 0 radical (unpaired) electrons. The van der Waals surface area contributed by atoms with Gasteiger partial charge in [-0.2, -0.15) is 0 Å². The van der Waals surface area contributed by atoms with Crippen molar-refractivity contribution in [3.8, 4) is 11.5 Å². The first kappa shape index (κ1) is 22.6. The molecule has 2 N–H and O–H groups in total. The van der Waals surface area contributed by atoms with E-state index in [2.05, 4.69) is 4.90 Å². The van der Waals surface area contributed by atoms with Crippen molar-refractivity contribution in [2.24, 2.45) is 5.92 Å². The van der Waals surface area contributed by atoms with Crippen molar-refractivity contribution in [3.05, 3.63) is 58.7 Å². The highest BCUT2D eigenvalue weighted by molar-refractivity contribution is 6.21. The summed E-state index contributed by atoms with van der Waals surface area (Å²) in [6.45, 7) is 1.85. The molecule has 0 aromatic heterocycles. The molecule has 2 bridgehead atoms. The molecule has 8 rings (SSSR count). The minimum absolute atomic E-state index is 0. The van der Waals surface area contributed by atoms with Crippen LogP contribution in [-0.4, -0.2) is 68.7 Å². The topological polar surface area (TPSA) is 90.3 Å². The maximum Gasteiger partial charge on any atom is 0.261 e. The number of likely N-dealkylation sites (tertiary alicyclic amines) is 1. The van der Waals surface area contributed by atoms with Gasteiger partial charge in [0.05, 0.1) is 28.2 Å². The molecule has 188 valence electrons. The van der Waals surface area contributed by atoms with Gasteiger partial charge in [0.1, 0.15) is 6.10 Å². The molecule has 2 saturated carbocycles. The molecule has 2 aromatic rings. The summed E-state index contributed by atoms with van der Waals surface area (Å²) in [7, 11) is 0. The number of phenols is 1. The van der Waals surface area contributed by atoms with Crippen molar-refractivity contribution in [3.63, 3.8) is 0 Å². The highest BCUT2D eigenvalue weighted by Crippen LogP contribution is 2.66. The average molecular weight is 509 g/mol. The number of imide groups is 1. The third-order valence-electron chi connectivity index (χ3n) is 9.89. The number of amides is 2. The Morgan fingerprint density at radius 3 is 2.42 bits per heavy atom. The Bertz CT molecular complexity index is 1290. The molecule has 5 atom stereocenters. The van der Waals surface area contributed by atoms with Crippen molar-refractivity contribution in [2.45, 2.75) is 67.7 Å². The lowest BCUT2D eigenvalue weighted by atomic mass is 9.48. The van der Waals surface area contributed by atoms with Gasteiger partial charge in [0.2, 0.25) is 0 Å². The summed E-state index contributed by atoms with van der Waals surface area (Å²) in [5, 5.41) is 23.4. The van der Waals surface area contributed by atoms with E-state index in [1.807, 2.05) is 6.07 Å². The van der Waals surface area contributed by atoms with Gasteiger partial charge in [0, 0.05) is 18.2 Å². The quantitative estimate of drug-likeness (QED) is 0.619. The molecule has 7 nitrogen and oxygen atoms in total. The number of hydrogen-bond acceptors (Lipinski definition) is 6. The van der Waals surface area contributed by atoms with E-state index in [9.17, 15) is 19.8 Å². The van der Waals surface area contributed by atoms with Gasteiger partial charge in [0.15, 0.2) is 11.5 Å². The van der Waals surface area contributed by atoms with E-state index in [0.717, 1.165) is 36.6 Å². The van der Waals surface area contributed by atoms with Crippen molar-refractivity contribution in [1.29, 1.82) is 0 Å². The summed E-state index contributed by atoms with van der Waals surface area (Å²) in [6, 6.07) is 10.1. The van der Waals surface area contributed by atoms with Crippen LogP contribution < -0.4 is 4.74 Å². The lowest BCUT2D eigenvalue weighted by Gasteiger charge is -2.64. The van der Waals surface area contributed by atoms with Crippen LogP contribution in [0, 0.1) is 5.92 Å². The maximum absolute atomic E-state index is 13.5. The zero-order valence-corrected chi connectivity index (χ0v) is 20.7. The van der Waals surface area contributed by atoms with E-state index in [1.54, 1.807) is 30.3 Å². The number of benzene rings is 2. The van der Waals surface area contributed by atoms with Gasteiger partial charge >= 0.3 is 0 Å². The van der Waals surface area contributed by atoms with Crippen LogP contribution in [0.4, 0.5) is 0 Å². The normalized spacial score (nSPS) is 35.7. The van der Waals surface area contributed by atoms with Gasteiger partial charge in [-0.3, -0.25) is 19.4 Å². The number of hydrogen-bond donors (Lipinski definition) is 2. The van der Waals surface area contributed by atoms with Crippen molar-refractivity contribution < 1.29 is 24.5 Å². The molecule has 36 heavy (non-hydrogen) atoms. The van der Waals surface area contributed by atoms with E-state index < -0.39 is 23.2 Å². The first-order valence-electron chi connectivity index (χ1n) is 12.9. The van der Waals surface area contributed by atoms with Crippen molar-refractivity contribution in [1.82, 2.24) is 9.80 Å². The molecule has 3 heterocycles. The summed E-state index contributed by atoms with van der Waals surface area (Å²) >= 11 is 0. The van der Waals surface area contributed by atoms with E-state index in [4.69, 9.17) is 4.74 Å². The Morgan fingerprint density at radius 1 is 1.00 bits per heavy atom. The van der Waals surface area contributed by atoms with Gasteiger partial charge < -0.3 is 14.9 Å². The molecule has 6 aliphatic rings. The van der Waals surface area contributed by atoms with Crippen LogP contribution >= 0.6 is 12.4 Å². The molecule has 2 amide bonds. The molecule has 0 unspecified atom stereocenters. The fourth-order valence-corrected chi connectivity index (χ4v) is 8.23. The van der Waals surface area contributed by atoms with E-state index in [-0.39, 0.29) is 36.0 Å². The van der Waals surface area contributed by atoms with Gasteiger partial charge in [-0.05, 0) is 74.8 Å². The Morgan fingerprint density at radius 2 is 1.72 bits per heavy atom. The molecule has 1 spiro atoms. The Labute approximate surface area is 215 Å². The van der Waals surface area contributed by atoms with Crippen LogP contribution in [0.25, 0.3) is 0 Å². The zero-order valence-electron chi connectivity index (χ0n) is 19.9. The molecule has 1 saturated heterocycles. The number of fused-ring (bicyclic) bond motifs is 1. The van der Waals surface area contributed by atoms with E-state index >= 15 is 0 Å². The molecule has 3 aliphatic carbocycles. The lowest BCUT2D eigenvalue weighted by Crippen LogP contribution is -2.78. The third kappa shape index (κ3) is 2.51. The number of ether oxygens (including phenoxy) is 1. The number of piperidine rings is 1. The number of aliphatic hydroxyl groups is 1.